The molecule has 0 radical (unpaired) electrons. The predicted octanol–water partition coefficient (Wildman–Crippen LogP) is 1.34. The second kappa shape index (κ2) is 6.11. The van der Waals surface area contributed by atoms with E-state index in [1.54, 1.807) is 17.1 Å². The third-order valence-corrected chi connectivity index (χ3v) is 3.40. The van der Waals surface area contributed by atoms with Gasteiger partial charge in [0, 0.05) is 31.8 Å². The van der Waals surface area contributed by atoms with Gasteiger partial charge in [-0.05, 0) is 25.7 Å². The highest BCUT2D eigenvalue weighted by Crippen LogP contribution is 2.19. The lowest BCUT2D eigenvalue weighted by atomic mass is 10.0. The molecule has 2 unspecified atom stereocenters. The van der Waals surface area contributed by atoms with Crippen molar-refractivity contribution < 1.29 is 9.53 Å². The molecule has 5 nitrogen and oxygen atoms in total. The molecule has 2 rings (SSSR count). The minimum Gasteiger partial charge on any atom is -0.378 e. The van der Waals surface area contributed by atoms with E-state index < -0.39 is 6.04 Å². The summed E-state index contributed by atoms with van der Waals surface area (Å²) in [5.41, 5.74) is 6.70. The minimum atomic E-state index is -0.539. The average molecular weight is 251 g/mol. The van der Waals surface area contributed by atoms with Crippen molar-refractivity contribution >= 4 is 5.78 Å². The van der Waals surface area contributed by atoms with E-state index in [9.17, 15) is 4.79 Å². The Morgan fingerprint density at radius 1 is 1.72 bits per heavy atom. The van der Waals surface area contributed by atoms with Crippen molar-refractivity contribution in [3.05, 3.63) is 18.0 Å². The maximum Gasteiger partial charge on any atom is 0.154 e. The van der Waals surface area contributed by atoms with Crippen LogP contribution >= 0.6 is 0 Å². The van der Waals surface area contributed by atoms with Crippen LogP contribution in [0.15, 0.2) is 12.4 Å². The van der Waals surface area contributed by atoms with Crippen LogP contribution in [0.4, 0.5) is 0 Å². The number of hydrogen-bond acceptors (Lipinski definition) is 4. The van der Waals surface area contributed by atoms with E-state index >= 15 is 0 Å². The van der Waals surface area contributed by atoms with Gasteiger partial charge >= 0.3 is 0 Å². The van der Waals surface area contributed by atoms with E-state index in [0.717, 1.165) is 37.9 Å². The lowest BCUT2D eigenvalue weighted by Crippen LogP contribution is -2.21. The van der Waals surface area contributed by atoms with Crippen LogP contribution < -0.4 is 5.73 Å². The zero-order valence-electron chi connectivity index (χ0n) is 10.8. The molecule has 0 bridgehead atoms. The normalized spacial score (nSPS) is 21.1. The zero-order valence-corrected chi connectivity index (χ0v) is 10.8. The Hall–Kier alpha value is -1.20. The quantitative estimate of drug-likeness (QED) is 0.828. The van der Waals surface area contributed by atoms with Gasteiger partial charge in [-0.1, -0.05) is 0 Å². The van der Waals surface area contributed by atoms with Crippen LogP contribution in [0, 0.1) is 0 Å². The van der Waals surface area contributed by atoms with Gasteiger partial charge < -0.3 is 10.5 Å². The van der Waals surface area contributed by atoms with E-state index in [4.69, 9.17) is 10.5 Å². The van der Waals surface area contributed by atoms with Gasteiger partial charge in [0.1, 0.15) is 0 Å². The predicted molar refractivity (Wildman–Crippen MR) is 68.0 cm³/mol. The molecule has 5 heteroatoms. The first-order valence-electron chi connectivity index (χ1n) is 6.55. The Labute approximate surface area is 107 Å². The second-order valence-corrected chi connectivity index (χ2v) is 4.92. The van der Waals surface area contributed by atoms with Crippen LogP contribution in [0.3, 0.4) is 0 Å². The van der Waals surface area contributed by atoms with Gasteiger partial charge in [-0.3, -0.25) is 9.48 Å². The Balaban J connectivity index is 1.73. The van der Waals surface area contributed by atoms with Crippen LogP contribution in [0.1, 0.15) is 43.7 Å². The Morgan fingerprint density at radius 2 is 2.56 bits per heavy atom. The smallest absolute Gasteiger partial charge is 0.154 e. The summed E-state index contributed by atoms with van der Waals surface area (Å²) in [7, 11) is 1.82. The van der Waals surface area contributed by atoms with Crippen LogP contribution in [0.5, 0.6) is 0 Å². The molecule has 0 aromatic carbocycles. The van der Waals surface area contributed by atoms with Crippen LogP contribution in [0.25, 0.3) is 0 Å². The molecule has 0 saturated carbocycles. The molecule has 1 fully saturated rings. The van der Waals surface area contributed by atoms with Crippen molar-refractivity contribution in [2.75, 3.05) is 6.61 Å². The maximum atomic E-state index is 11.9. The van der Waals surface area contributed by atoms with Gasteiger partial charge in [0.15, 0.2) is 5.78 Å². The number of hydrogen-bond donors (Lipinski definition) is 1. The highest BCUT2D eigenvalue weighted by atomic mass is 16.5. The maximum absolute atomic E-state index is 11.9. The summed E-state index contributed by atoms with van der Waals surface area (Å²) in [6.07, 6.45) is 8.42. The molecule has 2 N–H and O–H groups in total. The summed E-state index contributed by atoms with van der Waals surface area (Å²) in [6, 6.07) is -0.539. The third-order valence-electron chi connectivity index (χ3n) is 3.40. The molecule has 100 valence electrons. The molecule has 1 aliphatic heterocycles. The van der Waals surface area contributed by atoms with Crippen molar-refractivity contribution in [2.45, 2.75) is 44.2 Å². The first-order valence-corrected chi connectivity index (χ1v) is 6.55. The number of carbonyl (C=O) groups is 1. The number of ketones is 1. The van der Waals surface area contributed by atoms with E-state index in [2.05, 4.69) is 5.10 Å². The van der Waals surface area contributed by atoms with Gasteiger partial charge in [-0.15, -0.1) is 0 Å². The number of aromatic nitrogens is 2. The van der Waals surface area contributed by atoms with Gasteiger partial charge in [-0.25, -0.2) is 0 Å². The lowest BCUT2D eigenvalue weighted by Gasteiger charge is -2.10. The van der Waals surface area contributed by atoms with E-state index in [-0.39, 0.29) is 5.78 Å². The number of nitrogens with zero attached hydrogens (tertiary/aromatic N) is 2. The highest BCUT2D eigenvalue weighted by molar-refractivity contribution is 5.84. The molecular weight excluding hydrogens is 230 g/mol. The fraction of sp³-hybridized carbons (Fsp3) is 0.692. The molecule has 1 saturated heterocycles. The molecule has 2 heterocycles. The Morgan fingerprint density at radius 3 is 3.17 bits per heavy atom. The number of rotatable bonds is 6. The van der Waals surface area contributed by atoms with Crippen LogP contribution in [-0.4, -0.2) is 28.3 Å². The first-order chi connectivity index (χ1) is 8.66. The largest absolute Gasteiger partial charge is 0.378 e. The van der Waals surface area contributed by atoms with Gasteiger partial charge in [0.25, 0.3) is 0 Å². The third kappa shape index (κ3) is 3.40. The summed E-state index contributed by atoms with van der Waals surface area (Å²) in [5.74, 6) is 0.0843. The zero-order chi connectivity index (χ0) is 13.0. The molecule has 0 spiro atoms. The molecular formula is C13H21N3O2. The molecule has 2 atom stereocenters. The summed E-state index contributed by atoms with van der Waals surface area (Å²) in [6.45, 7) is 0.869. The summed E-state index contributed by atoms with van der Waals surface area (Å²) < 4.78 is 7.19. The fourth-order valence-electron chi connectivity index (χ4n) is 2.32. The SMILES string of the molecule is Cn1cc(C(N)C(=O)CCCC2CCCO2)cn1. The summed E-state index contributed by atoms with van der Waals surface area (Å²) in [5, 5.41) is 4.03. The lowest BCUT2D eigenvalue weighted by molar-refractivity contribution is -0.120. The van der Waals surface area contributed by atoms with Crippen molar-refractivity contribution in [3.8, 4) is 0 Å². The van der Waals surface area contributed by atoms with E-state index in [1.807, 2.05) is 7.05 Å². The van der Waals surface area contributed by atoms with Crippen molar-refractivity contribution in [2.24, 2.45) is 12.8 Å². The summed E-state index contributed by atoms with van der Waals surface area (Å²) >= 11 is 0. The highest BCUT2D eigenvalue weighted by Gasteiger charge is 2.19. The number of ether oxygens (including phenoxy) is 1. The number of carbonyl (C=O) groups excluding carboxylic acids is 1. The molecule has 0 aliphatic carbocycles. The Bertz CT molecular complexity index is 397. The van der Waals surface area contributed by atoms with Gasteiger partial charge in [0.2, 0.25) is 0 Å². The van der Waals surface area contributed by atoms with Crippen molar-refractivity contribution in [3.63, 3.8) is 0 Å². The number of nitrogens with two attached hydrogens (primary N) is 1. The minimum absolute atomic E-state index is 0.0843. The van der Waals surface area contributed by atoms with Crippen molar-refractivity contribution in [1.82, 2.24) is 9.78 Å². The van der Waals surface area contributed by atoms with Gasteiger partial charge in [0.05, 0.1) is 18.3 Å². The summed E-state index contributed by atoms with van der Waals surface area (Å²) in [4.78, 5) is 11.9. The fourth-order valence-corrected chi connectivity index (χ4v) is 2.32. The first kappa shape index (κ1) is 13.2. The topological polar surface area (TPSA) is 70.1 Å². The molecule has 1 aliphatic rings. The Kier molecular flexibility index (Phi) is 4.49. The monoisotopic (exact) mass is 251 g/mol. The molecule has 0 amide bonds. The van der Waals surface area contributed by atoms with Crippen molar-refractivity contribution in [1.29, 1.82) is 0 Å². The molecule has 1 aromatic rings. The molecule has 1 aromatic heterocycles. The second-order valence-electron chi connectivity index (χ2n) is 4.92. The van der Waals surface area contributed by atoms with E-state index in [0.29, 0.717) is 12.5 Å². The van der Waals surface area contributed by atoms with Gasteiger partial charge in [-0.2, -0.15) is 5.10 Å². The average Bonchev–Trinajstić information content (AvgIpc) is 2.99. The van der Waals surface area contributed by atoms with Crippen LogP contribution in [-0.2, 0) is 16.6 Å². The molecule has 18 heavy (non-hydrogen) atoms. The standard InChI is InChI=1S/C13H21N3O2/c1-16-9-10(8-15-16)13(14)12(17)6-2-4-11-5-3-7-18-11/h8-9,11,13H,2-7,14H2,1H3. The van der Waals surface area contributed by atoms with Crippen LogP contribution in [0.2, 0.25) is 0 Å². The van der Waals surface area contributed by atoms with E-state index in [1.165, 1.54) is 0 Å². The number of Topliss-reactive ketones (excluding diaryl/α,β-unsaturated/α-hetero) is 1. The number of aryl methyl sites for hydroxylation is 1.